The van der Waals surface area contributed by atoms with Gasteiger partial charge in [0.05, 0.1) is 0 Å². The summed E-state index contributed by atoms with van der Waals surface area (Å²) in [5.41, 5.74) is 0.386. The maximum Gasteiger partial charge on any atom is 0.405 e. The number of nitrogens with one attached hydrogen (secondary N) is 1. The van der Waals surface area contributed by atoms with Crippen molar-refractivity contribution in [2.45, 2.75) is 19.0 Å². The zero-order valence-corrected chi connectivity index (χ0v) is 6.24. The molecule has 0 aromatic heterocycles. The molecule has 2 nitrogen and oxygen atoms in total. The molecular formula is C7H8F3NO. The number of carbonyl (C=O) groups excluding carboxylic acids is 1. The van der Waals surface area contributed by atoms with Crippen LogP contribution in [-0.4, -0.2) is 18.5 Å². The van der Waals surface area contributed by atoms with Crippen LogP contribution in [-0.2, 0) is 4.79 Å². The van der Waals surface area contributed by atoms with Gasteiger partial charge in [-0.3, -0.25) is 4.79 Å². The molecule has 1 N–H and O–H groups in total. The Balaban J connectivity index is 2.34. The van der Waals surface area contributed by atoms with Gasteiger partial charge in [-0.2, -0.15) is 13.2 Å². The number of hydrogen-bond donors (Lipinski definition) is 1. The SMILES string of the molecule is O=C1C=C(NCC(F)(F)F)CC1. The molecule has 0 unspecified atom stereocenters. The number of carbonyl (C=O) groups is 1. The minimum absolute atomic E-state index is 0.111. The summed E-state index contributed by atoms with van der Waals surface area (Å²) in [6.45, 7) is -1.06. The predicted molar refractivity (Wildman–Crippen MR) is 36.4 cm³/mol. The van der Waals surface area contributed by atoms with Crippen molar-refractivity contribution in [3.63, 3.8) is 0 Å². The molecule has 0 fully saturated rings. The fraction of sp³-hybridized carbons (Fsp3) is 0.571. The van der Waals surface area contributed by atoms with Crippen molar-refractivity contribution in [2.75, 3.05) is 6.54 Å². The summed E-state index contributed by atoms with van der Waals surface area (Å²) in [5.74, 6) is -0.111. The van der Waals surface area contributed by atoms with E-state index >= 15 is 0 Å². The molecule has 0 saturated heterocycles. The second-order valence-electron chi connectivity index (χ2n) is 2.60. The molecule has 0 bridgehead atoms. The van der Waals surface area contributed by atoms with Crippen molar-refractivity contribution >= 4 is 5.78 Å². The van der Waals surface area contributed by atoms with E-state index in [4.69, 9.17) is 0 Å². The molecule has 0 spiro atoms. The van der Waals surface area contributed by atoms with E-state index in [0.717, 1.165) is 0 Å². The zero-order chi connectivity index (χ0) is 9.19. The summed E-state index contributed by atoms with van der Waals surface area (Å²) >= 11 is 0. The maximum absolute atomic E-state index is 11.6. The van der Waals surface area contributed by atoms with Crippen LogP contribution in [0.5, 0.6) is 0 Å². The third-order valence-electron chi connectivity index (χ3n) is 1.49. The van der Waals surface area contributed by atoms with Gasteiger partial charge in [-0.15, -0.1) is 0 Å². The maximum atomic E-state index is 11.6. The average molecular weight is 179 g/mol. The van der Waals surface area contributed by atoms with Crippen LogP contribution in [0, 0.1) is 0 Å². The zero-order valence-electron chi connectivity index (χ0n) is 6.24. The van der Waals surface area contributed by atoms with E-state index in [9.17, 15) is 18.0 Å². The molecule has 0 aromatic carbocycles. The van der Waals surface area contributed by atoms with Crippen LogP contribution in [0.1, 0.15) is 12.8 Å². The fourth-order valence-corrected chi connectivity index (χ4v) is 0.950. The minimum Gasteiger partial charge on any atom is -0.380 e. The van der Waals surface area contributed by atoms with Crippen molar-refractivity contribution in [3.8, 4) is 0 Å². The Morgan fingerprint density at radius 2 is 2.08 bits per heavy atom. The third-order valence-corrected chi connectivity index (χ3v) is 1.49. The lowest BCUT2D eigenvalue weighted by atomic mass is 10.3. The highest BCUT2D eigenvalue weighted by molar-refractivity contribution is 5.92. The van der Waals surface area contributed by atoms with E-state index < -0.39 is 12.7 Å². The molecule has 0 aromatic rings. The van der Waals surface area contributed by atoms with Crippen LogP contribution in [0.2, 0.25) is 0 Å². The van der Waals surface area contributed by atoms with Gasteiger partial charge in [0.15, 0.2) is 5.78 Å². The molecular weight excluding hydrogens is 171 g/mol. The Kier molecular flexibility index (Phi) is 2.40. The van der Waals surface area contributed by atoms with Gasteiger partial charge in [0.2, 0.25) is 0 Å². The minimum atomic E-state index is -4.22. The highest BCUT2D eigenvalue weighted by Gasteiger charge is 2.27. The molecule has 1 aliphatic rings. The molecule has 12 heavy (non-hydrogen) atoms. The summed E-state index contributed by atoms with van der Waals surface area (Å²) < 4.78 is 34.9. The predicted octanol–water partition coefficient (Wildman–Crippen LogP) is 1.39. The molecule has 1 aliphatic carbocycles. The van der Waals surface area contributed by atoms with E-state index in [-0.39, 0.29) is 5.78 Å². The Labute approximate surface area is 67.4 Å². The quantitative estimate of drug-likeness (QED) is 0.693. The molecule has 0 heterocycles. The van der Waals surface area contributed by atoms with Gasteiger partial charge >= 0.3 is 6.18 Å². The first kappa shape index (κ1) is 9.09. The van der Waals surface area contributed by atoms with Gasteiger partial charge in [-0.1, -0.05) is 0 Å². The normalized spacial score (nSPS) is 17.9. The van der Waals surface area contributed by atoms with Gasteiger partial charge < -0.3 is 5.32 Å². The second kappa shape index (κ2) is 3.16. The van der Waals surface area contributed by atoms with Crippen LogP contribution in [0.15, 0.2) is 11.8 Å². The summed E-state index contributed by atoms with van der Waals surface area (Å²) in [4.78, 5) is 10.6. The van der Waals surface area contributed by atoms with Crippen LogP contribution in [0.3, 0.4) is 0 Å². The second-order valence-corrected chi connectivity index (χ2v) is 2.60. The van der Waals surface area contributed by atoms with E-state index in [1.807, 2.05) is 0 Å². The third kappa shape index (κ3) is 2.94. The number of ketones is 1. The lowest BCUT2D eigenvalue weighted by Crippen LogP contribution is -2.27. The molecule has 0 atom stereocenters. The molecule has 0 saturated carbocycles. The molecule has 1 rings (SSSR count). The topological polar surface area (TPSA) is 29.1 Å². The summed E-state index contributed by atoms with van der Waals surface area (Å²) in [6, 6.07) is 0. The van der Waals surface area contributed by atoms with E-state index in [1.54, 1.807) is 0 Å². The number of allylic oxidation sites excluding steroid dienone is 2. The largest absolute Gasteiger partial charge is 0.405 e. The number of halogens is 3. The van der Waals surface area contributed by atoms with Crippen LogP contribution in [0.25, 0.3) is 0 Å². The van der Waals surface area contributed by atoms with Crippen molar-refractivity contribution in [1.82, 2.24) is 5.32 Å². The molecule has 0 amide bonds. The highest BCUT2D eigenvalue weighted by atomic mass is 19.4. The number of alkyl halides is 3. The Bertz CT molecular complexity index is 219. The molecule has 5 heteroatoms. The lowest BCUT2D eigenvalue weighted by molar-refractivity contribution is -0.123. The average Bonchev–Trinajstić information content (AvgIpc) is 2.30. The van der Waals surface area contributed by atoms with Crippen molar-refractivity contribution in [1.29, 1.82) is 0 Å². The highest BCUT2D eigenvalue weighted by Crippen LogP contribution is 2.16. The Morgan fingerprint density at radius 1 is 1.42 bits per heavy atom. The summed E-state index contributed by atoms with van der Waals surface area (Å²) in [5, 5.41) is 2.17. The van der Waals surface area contributed by atoms with E-state index in [0.29, 0.717) is 18.5 Å². The fourth-order valence-electron chi connectivity index (χ4n) is 0.950. The van der Waals surface area contributed by atoms with Gasteiger partial charge in [0.25, 0.3) is 0 Å². The molecule has 0 radical (unpaired) electrons. The van der Waals surface area contributed by atoms with Crippen molar-refractivity contribution in [2.24, 2.45) is 0 Å². The monoisotopic (exact) mass is 179 g/mol. The smallest absolute Gasteiger partial charge is 0.380 e. The van der Waals surface area contributed by atoms with E-state index in [1.165, 1.54) is 6.08 Å². The number of rotatable bonds is 2. The van der Waals surface area contributed by atoms with Gasteiger partial charge in [-0.25, -0.2) is 0 Å². The van der Waals surface area contributed by atoms with Gasteiger partial charge in [0.1, 0.15) is 6.54 Å². The molecule has 68 valence electrons. The Hall–Kier alpha value is -1.00. The first-order valence-corrected chi connectivity index (χ1v) is 3.51. The molecule has 0 aliphatic heterocycles. The summed E-state index contributed by atoms with van der Waals surface area (Å²) in [6.07, 6.45) is -2.27. The van der Waals surface area contributed by atoms with E-state index in [2.05, 4.69) is 5.32 Å². The summed E-state index contributed by atoms with van der Waals surface area (Å²) in [7, 11) is 0. The standard InChI is InChI=1S/C7H8F3NO/c8-7(9,10)4-11-5-1-2-6(12)3-5/h3,11H,1-2,4H2. The lowest BCUT2D eigenvalue weighted by Gasteiger charge is -2.08. The van der Waals surface area contributed by atoms with Gasteiger partial charge in [-0.05, 0) is 6.42 Å². The Morgan fingerprint density at radius 3 is 2.50 bits per heavy atom. The van der Waals surface area contributed by atoms with Crippen LogP contribution >= 0.6 is 0 Å². The van der Waals surface area contributed by atoms with Crippen LogP contribution in [0.4, 0.5) is 13.2 Å². The first-order valence-electron chi connectivity index (χ1n) is 3.51. The van der Waals surface area contributed by atoms with Crippen molar-refractivity contribution in [3.05, 3.63) is 11.8 Å². The first-order chi connectivity index (χ1) is 5.47. The van der Waals surface area contributed by atoms with Crippen LogP contribution < -0.4 is 5.32 Å². The van der Waals surface area contributed by atoms with Gasteiger partial charge in [0, 0.05) is 18.2 Å². The number of hydrogen-bond acceptors (Lipinski definition) is 2. The van der Waals surface area contributed by atoms with Crippen molar-refractivity contribution < 1.29 is 18.0 Å².